The third kappa shape index (κ3) is 1.99. The van der Waals surface area contributed by atoms with Gasteiger partial charge in [0.15, 0.2) is 11.6 Å². The molecule has 0 N–H and O–H groups in total. The molecule has 0 aromatic heterocycles. The number of hydrogen-bond donors (Lipinski definition) is 0. The van der Waals surface area contributed by atoms with Gasteiger partial charge in [-0.3, -0.25) is 0 Å². The first kappa shape index (κ1) is 10.4. The number of benzene rings is 1. The second kappa shape index (κ2) is 3.25. The van der Waals surface area contributed by atoms with Gasteiger partial charge in [-0.2, -0.15) is 13.2 Å². The summed E-state index contributed by atoms with van der Waals surface area (Å²) in [6.07, 6.45) is -4.87. The smallest absolute Gasteiger partial charge is 0.203 e. The SMILES string of the molecule is Fc1c(Br)ccc(C(F)(F)F)c1F. The molecule has 0 nitrogen and oxygen atoms in total. The fraction of sp³-hybridized carbons (Fsp3) is 0.143. The van der Waals surface area contributed by atoms with Gasteiger partial charge >= 0.3 is 6.18 Å². The van der Waals surface area contributed by atoms with Crippen LogP contribution in [-0.4, -0.2) is 0 Å². The molecular weight excluding hydrogens is 259 g/mol. The molecule has 6 heteroatoms. The van der Waals surface area contributed by atoms with E-state index in [1.54, 1.807) is 0 Å². The molecule has 0 fully saturated rings. The molecule has 0 unspecified atom stereocenters. The summed E-state index contributed by atoms with van der Waals surface area (Å²) in [5, 5.41) is 0. The lowest BCUT2D eigenvalue weighted by Crippen LogP contribution is -2.09. The summed E-state index contributed by atoms with van der Waals surface area (Å²) < 4.78 is 60.7. The minimum atomic E-state index is -4.87. The van der Waals surface area contributed by atoms with E-state index >= 15 is 0 Å². The molecule has 0 aliphatic rings. The molecule has 0 aliphatic carbocycles. The maximum atomic E-state index is 12.6. The van der Waals surface area contributed by atoms with Crippen molar-refractivity contribution in [3.63, 3.8) is 0 Å². The van der Waals surface area contributed by atoms with Crippen LogP contribution in [0, 0.1) is 11.6 Å². The Balaban J connectivity index is 3.35. The van der Waals surface area contributed by atoms with Crippen molar-refractivity contribution >= 4 is 15.9 Å². The lowest BCUT2D eigenvalue weighted by Gasteiger charge is -2.08. The van der Waals surface area contributed by atoms with Crippen molar-refractivity contribution < 1.29 is 22.0 Å². The molecule has 0 saturated heterocycles. The molecule has 0 atom stereocenters. The van der Waals surface area contributed by atoms with E-state index in [0.717, 1.165) is 6.07 Å². The number of alkyl halides is 3. The molecule has 0 spiro atoms. The van der Waals surface area contributed by atoms with Crippen molar-refractivity contribution in [2.45, 2.75) is 6.18 Å². The predicted octanol–water partition coefficient (Wildman–Crippen LogP) is 3.75. The molecule has 1 aromatic carbocycles. The van der Waals surface area contributed by atoms with Crippen LogP contribution in [0.2, 0.25) is 0 Å². The van der Waals surface area contributed by atoms with Crippen molar-refractivity contribution in [1.29, 1.82) is 0 Å². The van der Waals surface area contributed by atoms with E-state index < -0.39 is 23.4 Å². The van der Waals surface area contributed by atoms with E-state index in [0.29, 0.717) is 6.07 Å². The molecule has 0 bridgehead atoms. The van der Waals surface area contributed by atoms with Gasteiger partial charge in [-0.05, 0) is 28.1 Å². The van der Waals surface area contributed by atoms with Gasteiger partial charge in [0.25, 0.3) is 0 Å². The normalized spacial score (nSPS) is 11.8. The molecule has 0 radical (unpaired) electrons. The van der Waals surface area contributed by atoms with E-state index in [-0.39, 0.29) is 4.47 Å². The Bertz CT molecular complexity index is 330. The highest BCUT2D eigenvalue weighted by molar-refractivity contribution is 9.10. The Hall–Kier alpha value is -0.650. The number of hydrogen-bond acceptors (Lipinski definition) is 0. The lowest BCUT2D eigenvalue weighted by molar-refractivity contribution is -0.140. The van der Waals surface area contributed by atoms with E-state index in [2.05, 4.69) is 15.9 Å². The fourth-order valence-electron chi connectivity index (χ4n) is 0.745. The minimum Gasteiger partial charge on any atom is -0.203 e. The van der Waals surface area contributed by atoms with Crippen molar-refractivity contribution in [1.82, 2.24) is 0 Å². The summed E-state index contributed by atoms with van der Waals surface area (Å²) in [6.45, 7) is 0. The van der Waals surface area contributed by atoms with Crippen molar-refractivity contribution in [2.24, 2.45) is 0 Å². The molecule has 1 aromatic rings. The second-order valence-electron chi connectivity index (χ2n) is 2.22. The molecular formula is C7H2BrF5. The van der Waals surface area contributed by atoms with Crippen molar-refractivity contribution in [3.05, 3.63) is 33.8 Å². The van der Waals surface area contributed by atoms with E-state index in [1.807, 2.05) is 0 Å². The highest BCUT2D eigenvalue weighted by Gasteiger charge is 2.35. The Kier molecular flexibility index (Phi) is 2.61. The average Bonchev–Trinajstić information content (AvgIpc) is 1.98. The molecule has 0 aliphatic heterocycles. The largest absolute Gasteiger partial charge is 0.419 e. The van der Waals surface area contributed by atoms with Gasteiger partial charge in [0.2, 0.25) is 0 Å². The van der Waals surface area contributed by atoms with Gasteiger partial charge < -0.3 is 0 Å². The summed E-state index contributed by atoms with van der Waals surface area (Å²) in [5.74, 6) is -3.42. The fourth-order valence-corrected chi connectivity index (χ4v) is 1.05. The molecule has 13 heavy (non-hydrogen) atoms. The summed E-state index contributed by atoms with van der Waals surface area (Å²) in [6, 6.07) is 1.28. The van der Waals surface area contributed by atoms with Crippen LogP contribution in [0.4, 0.5) is 22.0 Å². The Morgan fingerprint density at radius 3 is 2.00 bits per heavy atom. The molecule has 0 heterocycles. The number of halogens is 6. The minimum absolute atomic E-state index is 0.335. The van der Waals surface area contributed by atoms with E-state index in [9.17, 15) is 22.0 Å². The van der Waals surface area contributed by atoms with Crippen LogP contribution in [-0.2, 0) is 6.18 Å². The molecule has 72 valence electrons. The van der Waals surface area contributed by atoms with Crippen LogP contribution in [0.5, 0.6) is 0 Å². The predicted molar refractivity (Wildman–Crippen MR) is 39.1 cm³/mol. The summed E-state index contributed by atoms with van der Waals surface area (Å²) in [7, 11) is 0. The molecule has 0 saturated carbocycles. The zero-order chi connectivity index (χ0) is 10.2. The highest BCUT2D eigenvalue weighted by atomic mass is 79.9. The van der Waals surface area contributed by atoms with Crippen LogP contribution in [0.15, 0.2) is 16.6 Å². The topological polar surface area (TPSA) is 0 Å². The third-order valence-corrected chi connectivity index (χ3v) is 1.95. The first-order valence-corrected chi connectivity index (χ1v) is 3.84. The highest BCUT2D eigenvalue weighted by Crippen LogP contribution is 2.33. The second-order valence-corrected chi connectivity index (χ2v) is 3.08. The van der Waals surface area contributed by atoms with Crippen molar-refractivity contribution in [2.75, 3.05) is 0 Å². The lowest BCUT2D eigenvalue weighted by atomic mass is 10.2. The first-order valence-electron chi connectivity index (χ1n) is 3.04. The Morgan fingerprint density at radius 1 is 1.00 bits per heavy atom. The average molecular weight is 261 g/mol. The van der Waals surface area contributed by atoms with Crippen LogP contribution in [0.1, 0.15) is 5.56 Å². The molecule has 1 rings (SSSR count). The number of rotatable bonds is 0. The van der Waals surface area contributed by atoms with Gasteiger partial charge in [-0.15, -0.1) is 0 Å². The standard InChI is InChI=1S/C7H2BrF5/c8-4-2-1-3(7(11,12)13)5(9)6(4)10/h1-2H. The van der Waals surface area contributed by atoms with Crippen LogP contribution >= 0.6 is 15.9 Å². The van der Waals surface area contributed by atoms with E-state index in [1.165, 1.54) is 0 Å². The van der Waals surface area contributed by atoms with Gasteiger partial charge in [0.05, 0.1) is 10.0 Å². The summed E-state index contributed by atoms with van der Waals surface area (Å²) >= 11 is 2.56. The zero-order valence-corrected chi connectivity index (χ0v) is 7.51. The van der Waals surface area contributed by atoms with Crippen LogP contribution < -0.4 is 0 Å². The van der Waals surface area contributed by atoms with E-state index in [4.69, 9.17) is 0 Å². The van der Waals surface area contributed by atoms with Crippen LogP contribution in [0.25, 0.3) is 0 Å². The summed E-state index contributed by atoms with van der Waals surface area (Å²) in [5.41, 5.74) is -1.60. The van der Waals surface area contributed by atoms with Crippen molar-refractivity contribution in [3.8, 4) is 0 Å². The van der Waals surface area contributed by atoms with Crippen LogP contribution in [0.3, 0.4) is 0 Å². The van der Waals surface area contributed by atoms with Gasteiger partial charge in [0, 0.05) is 0 Å². The Labute approximate surface area is 78.5 Å². The van der Waals surface area contributed by atoms with Gasteiger partial charge in [-0.25, -0.2) is 8.78 Å². The molecule has 0 amide bonds. The maximum absolute atomic E-state index is 12.6. The Morgan fingerprint density at radius 2 is 1.54 bits per heavy atom. The first-order chi connectivity index (χ1) is 5.84. The summed E-state index contributed by atoms with van der Waals surface area (Å²) in [4.78, 5) is 0. The van der Waals surface area contributed by atoms with Gasteiger partial charge in [-0.1, -0.05) is 0 Å². The quantitative estimate of drug-likeness (QED) is 0.493. The van der Waals surface area contributed by atoms with Gasteiger partial charge in [0.1, 0.15) is 0 Å². The zero-order valence-electron chi connectivity index (χ0n) is 5.92. The maximum Gasteiger partial charge on any atom is 0.419 e. The third-order valence-electron chi connectivity index (χ3n) is 1.34. The monoisotopic (exact) mass is 260 g/mol.